The van der Waals surface area contributed by atoms with Gasteiger partial charge in [0.05, 0.1) is 13.1 Å². The summed E-state index contributed by atoms with van der Waals surface area (Å²) in [5.74, 6) is 0. The highest BCUT2D eigenvalue weighted by atomic mass is 15.3. The molecule has 0 saturated carbocycles. The Labute approximate surface area is 81.6 Å². The fourth-order valence-corrected chi connectivity index (χ4v) is 1.39. The summed E-state index contributed by atoms with van der Waals surface area (Å²) in [5.41, 5.74) is 1.41. The van der Waals surface area contributed by atoms with Crippen LogP contribution in [0, 0.1) is 6.54 Å². The molecule has 0 bridgehead atoms. The lowest BCUT2D eigenvalue weighted by Gasteiger charge is -2.41. The number of hydrogen-bond donors (Lipinski definition) is 0. The molecule has 0 saturated heterocycles. The van der Waals surface area contributed by atoms with Crippen LogP contribution in [0.25, 0.3) is 0 Å². The van der Waals surface area contributed by atoms with Gasteiger partial charge in [0, 0.05) is 12.6 Å². The Balaban J connectivity index is 2.68. The summed E-state index contributed by atoms with van der Waals surface area (Å²) in [6.07, 6.45) is 0. The lowest BCUT2D eigenvalue weighted by molar-refractivity contribution is -0.891. The maximum atomic E-state index is 2.26. The molecule has 0 aliphatic heterocycles. The van der Waals surface area contributed by atoms with Gasteiger partial charge in [-0.1, -0.05) is 30.3 Å². The van der Waals surface area contributed by atoms with E-state index in [9.17, 15) is 0 Å². The first kappa shape index (κ1) is 10.3. The third kappa shape index (κ3) is 2.85. The number of nitrogens with zero attached hydrogens (tertiary/aromatic N) is 1. The Morgan fingerprint density at radius 1 is 1.23 bits per heavy atom. The Morgan fingerprint density at radius 2 is 1.85 bits per heavy atom. The number of hydrogen-bond acceptors (Lipinski definition) is 0. The van der Waals surface area contributed by atoms with E-state index in [1.807, 2.05) is 0 Å². The van der Waals surface area contributed by atoms with Gasteiger partial charge in [-0.3, -0.25) is 0 Å². The average molecular weight is 177 g/mol. The van der Waals surface area contributed by atoms with E-state index in [0.717, 1.165) is 17.6 Å². The van der Waals surface area contributed by atoms with Gasteiger partial charge in [0.25, 0.3) is 0 Å². The molecule has 13 heavy (non-hydrogen) atoms. The van der Waals surface area contributed by atoms with Gasteiger partial charge in [-0.2, -0.15) is 0 Å². The number of benzene rings is 1. The van der Waals surface area contributed by atoms with Crippen molar-refractivity contribution in [2.24, 2.45) is 0 Å². The van der Waals surface area contributed by atoms with Crippen molar-refractivity contribution < 1.29 is 4.48 Å². The lowest BCUT2D eigenvalue weighted by Crippen LogP contribution is -2.39. The number of quaternary nitrogens is 1. The first-order chi connectivity index (χ1) is 6.20. The molecule has 1 aromatic carbocycles. The highest BCUT2D eigenvalue weighted by Gasteiger charge is 2.08. The monoisotopic (exact) mass is 177 g/mol. The molecule has 0 heterocycles. The van der Waals surface area contributed by atoms with Gasteiger partial charge in [-0.05, 0) is 6.92 Å². The largest absolute Gasteiger partial charge is 0.454 e. The van der Waals surface area contributed by atoms with Crippen LogP contribution in [0.4, 0.5) is 0 Å². The SMILES string of the molecule is C[CH-][N+](C)(CC)Cc1ccccc1. The standard InChI is InChI=1S/C12H19N/c1-4-13(3,5-2)11-12-9-7-6-8-10-12/h4,6-10H,5,11H2,1-3H3. The second-order valence-electron chi connectivity index (χ2n) is 3.70. The van der Waals surface area contributed by atoms with E-state index >= 15 is 0 Å². The summed E-state index contributed by atoms with van der Waals surface area (Å²) in [7, 11) is 2.26. The summed E-state index contributed by atoms with van der Waals surface area (Å²) in [4.78, 5) is 0. The Morgan fingerprint density at radius 3 is 2.31 bits per heavy atom. The molecule has 0 aliphatic carbocycles. The normalized spacial score (nSPS) is 15.3. The summed E-state index contributed by atoms with van der Waals surface area (Å²) in [6, 6.07) is 10.6. The number of rotatable bonds is 4. The molecule has 0 spiro atoms. The predicted octanol–water partition coefficient (Wildman–Crippen LogP) is 2.83. The van der Waals surface area contributed by atoms with Gasteiger partial charge < -0.3 is 4.48 Å². The summed E-state index contributed by atoms with van der Waals surface area (Å²) < 4.78 is 1.00. The molecule has 1 rings (SSSR count). The molecule has 1 heteroatoms. The van der Waals surface area contributed by atoms with Crippen molar-refractivity contribution in [2.45, 2.75) is 20.4 Å². The van der Waals surface area contributed by atoms with Crippen LogP contribution in [0.1, 0.15) is 19.4 Å². The summed E-state index contributed by atoms with van der Waals surface area (Å²) in [5, 5.41) is 0. The zero-order valence-electron chi connectivity index (χ0n) is 8.83. The summed E-state index contributed by atoms with van der Waals surface area (Å²) >= 11 is 0. The molecule has 0 radical (unpaired) electrons. The first-order valence-corrected chi connectivity index (χ1v) is 4.89. The molecule has 1 aromatic rings. The maximum absolute atomic E-state index is 2.26. The average Bonchev–Trinajstić information content (AvgIpc) is 2.19. The minimum absolute atomic E-state index is 1.00. The highest BCUT2D eigenvalue weighted by Crippen LogP contribution is 2.12. The molecule has 1 nitrogen and oxygen atoms in total. The fraction of sp³-hybridized carbons (Fsp3) is 0.417. The third-order valence-electron chi connectivity index (χ3n) is 2.73. The van der Waals surface area contributed by atoms with Gasteiger partial charge >= 0.3 is 0 Å². The zero-order chi connectivity index (χ0) is 9.73. The second kappa shape index (κ2) is 4.43. The van der Waals surface area contributed by atoms with Gasteiger partial charge in [0.2, 0.25) is 0 Å². The van der Waals surface area contributed by atoms with Gasteiger partial charge in [0.15, 0.2) is 0 Å². The molecule has 0 aromatic heterocycles. The van der Waals surface area contributed by atoms with E-state index in [1.165, 1.54) is 5.56 Å². The molecule has 0 amide bonds. The molecular formula is C12H19N. The first-order valence-electron chi connectivity index (χ1n) is 4.89. The fourth-order valence-electron chi connectivity index (χ4n) is 1.39. The van der Waals surface area contributed by atoms with Crippen molar-refractivity contribution in [3.8, 4) is 0 Å². The second-order valence-corrected chi connectivity index (χ2v) is 3.70. The van der Waals surface area contributed by atoms with E-state index < -0.39 is 0 Å². The third-order valence-corrected chi connectivity index (χ3v) is 2.73. The van der Waals surface area contributed by atoms with E-state index in [2.05, 4.69) is 57.8 Å². The van der Waals surface area contributed by atoms with Crippen molar-refractivity contribution in [1.82, 2.24) is 0 Å². The van der Waals surface area contributed by atoms with Crippen LogP contribution in [0.3, 0.4) is 0 Å². The smallest absolute Gasteiger partial charge is 0.0802 e. The van der Waals surface area contributed by atoms with Crippen LogP contribution in [0.15, 0.2) is 30.3 Å². The van der Waals surface area contributed by atoms with Crippen LogP contribution in [0.2, 0.25) is 0 Å². The predicted molar refractivity (Wildman–Crippen MR) is 56.8 cm³/mol. The molecule has 0 aliphatic rings. The van der Waals surface area contributed by atoms with Crippen molar-refractivity contribution in [2.75, 3.05) is 13.6 Å². The van der Waals surface area contributed by atoms with E-state index in [4.69, 9.17) is 0 Å². The van der Waals surface area contributed by atoms with Crippen LogP contribution < -0.4 is 0 Å². The van der Waals surface area contributed by atoms with E-state index in [-0.39, 0.29) is 0 Å². The zero-order valence-corrected chi connectivity index (χ0v) is 8.83. The van der Waals surface area contributed by atoms with Crippen molar-refractivity contribution in [3.05, 3.63) is 42.4 Å². The van der Waals surface area contributed by atoms with Crippen LogP contribution in [-0.2, 0) is 6.54 Å². The minimum atomic E-state index is 1.00. The van der Waals surface area contributed by atoms with Crippen molar-refractivity contribution in [3.63, 3.8) is 0 Å². The quantitative estimate of drug-likeness (QED) is 0.490. The van der Waals surface area contributed by atoms with E-state index in [0.29, 0.717) is 0 Å². The maximum Gasteiger partial charge on any atom is 0.0802 e. The van der Waals surface area contributed by atoms with Crippen LogP contribution in [0.5, 0.6) is 0 Å². The Bertz CT molecular complexity index is 237. The van der Waals surface area contributed by atoms with Crippen molar-refractivity contribution in [1.29, 1.82) is 0 Å². The van der Waals surface area contributed by atoms with Gasteiger partial charge in [-0.25, -0.2) is 0 Å². The highest BCUT2D eigenvalue weighted by molar-refractivity contribution is 5.13. The lowest BCUT2D eigenvalue weighted by atomic mass is 10.2. The topological polar surface area (TPSA) is 0 Å². The molecule has 1 atom stereocenters. The van der Waals surface area contributed by atoms with Gasteiger partial charge in [0.1, 0.15) is 0 Å². The van der Waals surface area contributed by atoms with Gasteiger partial charge in [-0.15, -0.1) is 13.5 Å². The molecule has 72 valence electrons. The molecule has 1 unspecified atom stereocenters. The molecule has 0 fully saturated rings. The molecular weight excluding hydrogens is 158 g/mol. The minimum Gasteiger partial charge on any atom is -0.454 e. The summed E-state index contributed by atoms with van der Waals surface area (Å²) in [6.45, 7) is 8.85. The van der Waals surface area contributed by atoms with Crippen LogP contribution in [-0.4, -0.2) is 18.1 Å². The Kier molecular flexibility index (Phi) is 3.49. The van der Waals surface area contributed by atoms with E-state index in [1.54, 1.807) is 0 Å². The Hall–Kier alpha value is -0.820. The van der Waals surface area contributed by atoms with Crippen LogP contribution >= 0.6 is 0 Å². The van der Waals surface area contributed by atoms with Crippen molar-refractivity contribution >= 4 is 0 Å². The molecule has 0 N–H and O–H groups in total.